The number of aliphatic hydroxyl groups is 4. The van der Waals surface area contributed by atoms with Crippen molar-refractivity contribution >= 4 is 0 Å². The van der Waals surface area contributed by atoms with Crippen LogP contribution < -0.4 is 20.4 Å². The zero-order valence-electron chi connectivity index (χ0n) is 18.5. The third-order valence-corrected chi connectivity index (χ3v) is 2.48. The Hall–Kier alpha value is 0.314. The van der Waals surface area contributed by atoms with Gasteiger partial charge in [0.25, 0.3) is 0 Å². The Morgan fingerprint density at radius 3 is 0.828 bits per heavy atom. The Kier molecular flexibility index (Phi) is 49.0. The summed E-state index contributed by atoms with van der Waals surface area (Å²) in [6, 6.07) is 0. The van der Waals surface area contributed by atoms with Crippen molar-refractivity contribution < 1.29 is 62.6 Å². The molecule has 4 N–H and O–H groups in total. The van der Waals surface area contributed by atoms with Crippen LogP contribution in [0.1, 0.15) is 27.7 Å². The molecule has 0 atom stereocenters. The third kappa shape index (κ3) is 58.5. The van der Waals surface area contributed by atoms with E-state index in [4.69, 9.17) is 20.4 Å². The summed E-state index contributed by atoms with van der Waals surface area (Å²) in [7, 11) is 0. The van der Waals surface area contributed by atoms with Crippen LogP contribution in [0.2, 0.25) is 0 Å². The van der Waals surface area contributed by atoms with Crippen LogP contribution in [0.25, 0.3) is 0 Å². The standard InChI is InChI=1S/2C6H14NO3.2C3H7O.Ti/c2*8-4-1-7(2-5-9)3-6-10;2*1-3(2)4;/h2*8-9H,1-6H2;2*3H,1-2H3;/q4*-1;+4. The molecular formula is C18H42N2O8Ti. The van der Waals surface area contributed by atoms with Gasteiger partial charge in [-0.15, -0.1) is 25.4 Å². The number of hydrogen-bond acceptors (Lipinski definition) is 10. The number of hydrogen-bond donors (Lipinski definition) is 4. The molecule has 176 valence electrons. The number of rotatable bonds is 12. The van der Waals surface area contributed by atoms with E-state index < -0.39 is 12.2 Å². The van der Waals surface area contributed by atoms with Crippen LogP contribution in [-0.4, -0.2) is 121 Å². The van der Waals surface area contributed by atoms with Gasteiger partial charge in [0.1, 0.15) is 0 Å². The van der Waals surface area contributed by atoms with Crippen LogP contribution in [0.5, 0.6) is 0 Å². The van der Waals surface area contributed by atoms with Crippen molar-refractivity contribution in [3.05, 3.63) is 0 Å². The predicted octanol–water partition coefficient (Wildman–Crippen LogP) is -5.23. The largest absolute Gasteiger partial charge is 4.00 e. The maximum absolute atomic E-state index is 10.1. The van der Waals surface area contributed by atoms with E-state index in [0.29, 0.717) is 39.3 Å². The zero-order valence-corrected chi connectivity index (χ0v) is 20.0. The van der Waals surface area contributed by atoms with Crippen molar-refractivity contribution in [2.24, 2.45) is 0 Å². The third-order valence-electron chi connectivity index (χ3n) is 2.48. The molecule has 0 saturated heterocycles. The summed E-state index contributed by atoms with van der Waals surface area (Å²) in [5.74, 6) is 0. The molecule has 0 aromatic heterocycles. The molecule has 0 radical (unpaired) electrons. The molecule has 0 fully saturated rings. The summed E-state index contributed by atoms with van der Waals surface area (Å²) < 4.78 is 0. The summed E-state index contributed by atoms with van der Waals surface area (Å²) in [5.41, 5.74) is 0. The monoisotopic (exact) mass is 462 g/mol. The minimum absolute atomic E-state index is 0. The maximum Gasteiger partial charge on any atom is 4.00 e. The van der Waals surface area contributed by atoms with E-state index in [2.05, 4.69) is 0 Å². The van der Waals surface area contributed by atoms with Crippen LogP contribution in [0.3, 0.4) is 0 Å². The van der Waals surface area contributed by atoms with Gasteiger partial charge >= 0.3 is 21.7 Å². The normalized spacial score (nSPS) is 9.93. The fourth-order valence-electron chi connectivity index (χ4n) is 1.49. The van der Waals surface area contributed by atoms with Crippen molar-refractivity contribution in [3.8, 4) is 0 Å². The molecule has 0 amide bonds. The van der Waals surface area contributed by atoms with E-state index in [1.807, 2.05) is 0 Å². The van der Waals surface area contributed by atoms with E-state index in [1.54, 1.807) is 37.5 Å². The Labute approximate surface area is 191 Å². The zero-order chi connectivity index (χ0) is 22.8. The van der Waals surface area contributed by atoms with E-state index >= 15 is 0 Å². The first kappa shape index (κ1) is 39.8. The molecule has 0 rings (SSSR count). The van der Waals surface area contributed by atoms with E-state index in [1.165, 1.54) is 0 Å². The molecule has 0 aromatic carbocycles. The molecule has 0 aliphatic carbocycles. The van der Waals surface area contributed by atoms with Gasteiger partial charge in [0.2, 0.25) is 0 Å². The molecule has 0 aliphatic heterocycles. The van der Waals surface area contributed by atoms with Crippen LogP contribution in [0.4, 0.5) is 0 Å². The van der Waals surface area contributed by atoms with Gasteiger partial charge in [-0.05, 0) is 13.1 Å². The SMILES string of the molecule is CC(C)[O-].CC(C)[O-].[O-]CCN(CCO)CCO.[O-]CCN(CCO)CCO.[Ti+4]. The fraction of sp³-hybridized carbons (Fsp3) is 1.00. The van der Waals surface area contributed by atoms with Gasteiger partial charge in [-0.3, -0.25) is 0 Å². The van der Waals surface area contributed by atoms with E-state index in [-0.39, 0.29) is 61.4 Å². The number of aliphatic hydroxyl groups excluding tert-OH is 4. The molecule has 0 aliphatic rings. The molecule has 0 spiro atoms. The summed E-state index contributed by atoms with van der Waals surface area (Å²) in [6.45, 7) is 8.96. The molecule has 29 heavy (non-hydrogen) atoms. The summed E-state index contributed by atoms with van der Waals surface area (Å²) in [5, 5.41) is 73.1. The Morgan fingerprint density at radius 1 is 0.552 bits per heavy atom. The molecule has 0 aromatic rings. The van der Waals surface area contributed by atoms with Gasteiger partial charge < -0.3 is 50.7 Å². The minimum Gasteiger partial charge on any atom is -0.854 e. The van der Waals surface area contributed by atoms with Crippen molar-refractivity contribution in [2.75, 3.05) is 78.9 Å². The maximum atomic E-state index is 10.1. The first-order valence-corrected chi connectivity index (χ1v) is 9.52. The first-order chi connectivity index (χ1) is 13.2. The van der Waals surface area contributed by atoms with Crippen molar-refractivity contribution in [2.45, 2.75) is 39.9 Å². The molecule has 0 saturated carbocycles. The van der Waals surface area contributed by atoms with Crippen LogP contribution in [-0.2, 0) is 21.7 Å². The molecular weight excluding hydrogens is 420 g/mol. The second kappa shape index (κ2) is 35.7. The first-order valence-electron chi connectivity index (χ1n) is 9.52. The van der Waals surface area contributed by atoms with Crippen LogP contribution >= 0.6 is 0 Å². The molecule has 11 heteroatoms. The van der Waals surface area contributed by atoms with Gasteiger partial charge in [-0.25, -0.2) is 0 Å². The Morgan fingerprint density at radius 2 is 0.724 bits per heavy atom. The van der Waals surface area contributed by atoms with Gasteiger partial charge in [-0.2, -0.15) is 0 Å². The molecule has 0 heterocycles. The van der Waals surface area contributed by atoms with Gasteiger partial charge in [0, 0.05) is 26.2 Å². The summed E-state index contributed by atoms with van der Waals surface area (Å²) >= 11 is 0. The molecule has 0 bridgehead atoms. The average molecular weight is 462 g/mol. The van der Waals surface area contributed by atoms with Gasteiger partial charge in [0.05, 0.1) is 26.4 Å². The number of nitrogens with zero attached hydrogens (tertiary/aromatic N) is 2. The van der Waals surface area contributed by atoms with Gasteiger partial charge in [0.15, 0.2) is 0 Å². The Bertz CT molecular complexity index is 198. The van der Waals surface area contributed by atoms with Crippen molar-refractivity contribution in [3.63, 3.8) is 0 Å². The van der Waals surface area contributed by atoms with Crippen molar-refractivity contribution in [1.29, 1.82) is 0 Å². The minimum atomic E-state index is -0.417. The second-order valence-corrected chi connectivity index (χ2v) is 6.08. The summed E-state index contributed by atoms with van der Waals surface area (Å²) in [4.78, 5) is 3.46. The quantitative estimate of drug-likeness (QED) is 0.205. The molecule has 0 unspecified atom stereocenters. The topological polar surface area (TPSA) is 180 Å². The average Bonchev–Trinajstić information content (AvgIpc) is 2.56. The fourth-order valence-corrected chi connectivity index (χ4v) is 1.49. The molecule has 10 nitrogen and oxygen atoms in total. The van der Waals surface area contributed by atoms with E-state index in [9.17, 15) is 20.4 Å². The second-order valence-electron chi connectivity index (χ2n) is 6.08. The smallest absolute Gasteiger partial charge is 0.854 e. The van der Waals surface area contributed by atoms with E-state index in [0.717, 1.165) is 0 Å². The van der Waals surface area contributed by atoms with Crippen LogP contribution in [0, 0.1) is 0 Å². The van der Waals surface area contributed by atoms with Gasteiger partial charge in [-0.1, -0.05) is 27.7 Å². The van der Waals surface area contributed by atoms with Crippen molar-refractivity contribution in [1.82, 2.24) is 9.80 Å². The Balaban J connectivity index is -0.0000000950. The predicted molar refractivity (Wildman–Crippen MR) is 101 cm³/mol. The summed E-state index contributed by atoms with van der Waals surface area (Å²) in [6.07, 6.45) is -0.833. The van der Waals surface area contributed by atoms with Crippen LogP contribution in [0.15, 0.2) is 0 Å².